The van der Waals surface area contributed by atoms with E-state index in [2.05, 4.69) is 36.2 Å². The number of nitrogens with zero attached hydrogens (tertiary/aromatic N) is 1. The molecule has 168 valence electrons. The van der Waals surface area contributed by atoms with Gasteiger partial charge in [0.25, 0.3) is 0 Å². The minimum absolute atomic E-state index is 0.317. The van der Waals surface area contributed by atoms with Crippen LogP contribution in [0.2, 0.25) is 0 Å². The van der Waals surface area contributed by atoms with E-state index >= 15 is 0 Å². The largest absolute Gasteiger partial charge is 0.491 e. The average molecular weight is 433 g/mol. The molecule has 1 aromatic carbocycles. The van der Waals surface area contributed by atoms with Gasteiger partial charge in [0.2, 0.25) is 0 Å². The maximum absolute atomic E-state index is 10.0. The minimum atomic E-state index is -0.490. The SMILES string of the molecule is CCCCN(CCCC)Cc1ccc(CCCNCC(O)COc2ccccc2)s1. The van der Waals surface area contributed by atoms with E-state index < -0.39 is 6.10 Å². The molecule has 30 heavy (non-hydrogen) atoms. The van der Waals surface area contributed by atoms with Crippen molar-refractivity contribution in [1.29, 1.82) is 0 Å². The number of unbranched alkanes of at least 4 members (excludes halogenated alkanes) is 2. The minimum Gasteiger partial charge on any atom is -0.491 e. The molecule has 0 radical (unpaired) electrons. The van der Waals surface area contributed by atoms with E-state index in [4.69, 9.17) is 4.74 Å². The first-order valence-corrected chi connectivity index (χ1v) is 12.4. The summed E-state index contributed by atoms with van der Waals surface area (Å²) in [6, 6.07) is 14.2. The van der Waals surface area contributed by atoms with Crippen molar-refractivity contribution >= 4 is 11.3 Å². The summed E-state index contributed by atoms with van der Waals surface area (Å²) in [6.07, 6.45) is 6.79. The van der Waals surface area contributed by atoms with Crippen LogP contribution in [0.15, 0.2) is 42.5 Å². The number of nitrogens with one attached hydrogen (secondary N) is 1. The molecule has 2 aromatic rings. The molecule has 1 atom stereocenters. The maximum Gasteiger partial charge on any atom is 0.119 e. The van der Waals surface area contributed by atoms with Crippen molar-refractivity contribution in [3.8, 4) is 5.75 Å². The highest BCUT2D eigenvalue weighted by atomic mass is 32.1. The Morgan fingerprint density at radius 2 is 1.67 bits per heavy atom. The van der Waals surface area contributed by atoms with Gasteiger partial charge < -0.3 is 15.2 Å². The Bertz CT molecular complexity index is 654. The second kappa shape index (κ2) is 15.4. The molecule has 0 saturated carbocycles. The van der Waals surface area contributed by atoms with Gasteiger partial charge in [0, 0.05) is 22.8 Å². The fraction of sp³-hybridized carbons (Fsp3) is 0.600. The Labute approximate surface area is 187 Å². The molecule has 0 aliphatic heterocycles. The highest BCUT2D eigenvalue weighted by Gasteiger charge is 2.08. The van der Waals surface area contributed by atoms with E-state index in [1.807, 2.05) is 41.7 Å². The first kappa shape index (κ1) is 24.9. The van der Waals surface area contributed by atoms with Gasteiger partial charge in [0.1, 0.15) is 18.5 Å². The Hall–Kier alpha value is -1.40. The van der Waals surface area contributed by atoms with Gasteiger partial charge in [-0.2, -0.15) is 0 Å². The Morgan fingerprint density at radius 1 is 0.967 bits per heavy atom. The molecule has 0 spiro atoms. The van der Waals surface area contributed by atoms with Gasteiger partial charge in [-0.25, -0.2) is 0 Å². The molecule has 2 rings (SSSR count). The van der Waals surface area contributed by atoms with Crippen LogP contribution in [-0.2, 0) is 13.0 Å². The number of hydrogen-bond donors (Lipinski definition) is 2. The molecule has 1 unspecified atom stereocenters. The van der Waals surface area contributed by atoms with Crippen LogP contribution in [0.1, 0.15) is 55.7 Å². The third-order valence-electron chi connectivity index (χ3n) is 5.09. The quantitative estimate of drug-likeness (QED) is 0.341. The zero-order chi connectivity index (χ0) is 21.4. The lowest BCUT2D eigenvalue weighted by atomic mass is 10.2. The van der Waals surface area contributed by atoms with E-state index in [0.717, 1.165) is 31.7 Å². The molecule has 0 amide bonds. The number of para-hydroxylation sites is 1. The summed E-state index contributed by atoms with van der Waals surface area (Å²) >= 11 is 1.96. The number of rotatable bonds is 17. The highest BCUT2D eigenvalue weighted by molar-refractivity contribution is 7.11. The topological polar surface area (TPSA) is 44.7 Å². The van der Waals surface area contributed by atoms with Crippen LogP contribution in [0.3, 0.4) is 0 Å². The molecule has 0 bridgehead atoms. The fourth-order valence-corrected chi connectivity index (χ4v) is 4.42. The number of aliphatic hydroxyl groups excluding tert-OH is 1. The monoisotopic (exact) mass is 432 g/mol. The number of ether oxygens (including phenoxy) is 1. The van der Waals surface area contributed by atoms with Gasteiger partial charge in [-0.15, -0.1) is 11.3 Å². The van der Waals surface area contributed by atoms with E-state index in [0.29, 0.717) is 13.2 Å². The van der Waals surface area contributed by atoms with Crippen molar-refractivity contribution in [3.05, 3.63) is 52.2 Å². The number of aryl methyl sites for hydroxylation is 1. The molecule has 0 saturated heterocycles. The second-order valence-electron chi connectivity index (χ2n) is 7.94. The molecule has 0 aliphatic carbocycles. The second-order valence-corrected chi connectivity index (χ2v) is 9.19. The zero-order valence-corrected chi connectivity index (χ0v) is 19.6. The molecular weight excluding hydrogens is 392 g/mol. The van der Waals surface area contributed by atoms with E-state index in [9.17, 15) is 5.11 Å². The maximum atomic E-state index is 10.0. The van der Waals surface area contributed by atoms with Crippen molar-refractivity contribution in [2.45, 2.75) is 65.0 Å². The molecule has 1 aromatic heterocycles. The molecule has 0 fully saturated rings. The molecule has 2 N–H and O–H groups in total. The summed E-state index contributed by atoms with van der Waals surface area (Å²) < 4.78 is 5.59. The summed E-state index contributed by atoms with van der Waals surface area (Å²) in [5.74, 6) is 0.799. The van der Waals surface area contributed by atoms with Crippen molar-refractivity contribution in [3.63, 3.8) is 0 Å². The molecule has 1 heterocycles. The van der Waals surface area contributed by atoms with Crippen molar-refractivity contribution in [1.82, 2.24) is 10.2 Å². The van der Waals surface area contributed by atoms with E-state index in [-0.39, 0.29) is 0 Å². The average Bonchev–Trinajstić information content (AvgIpc) is 3.21. The summed E-state index contributed by atoms with van der Waals surface area (Å²) in [4.78, 5) is 5.56. The Balaban J connectivity index is 1.59. The normalized spacial score (nSPS) is 12.4. The number of thiophene rings is 1. The van der Waals surface area contributed by atoms with Crippen molar-refractivity contribution < 1.29 is 9.84 Å². The first-order chi connectivity index (χ1) is 14.7. The van der Waals surface area contributed by atoms with Gasteiger partial charge >= 0.3 is 0 Å². The lowest BCUT2D eigenvalue weighted by Gasteiger charge is -2.21. The van der Waals surface area contributed by atoms with Gasteiger partial charge in [-0.05, 0) is 69.6 Å². The molecule has 0 aliphatic rings. The lowest BCUT2D eigenvalue weighted by Crippen LogP contribution is -2.32. The zero-order valence-electron chi connectivity index (χ0n) is 18.8. The van der Waals surface area contributed by atoms with Crippen molar-refractivity contribution in [2.24, 2.45) is 0 Å². The molecule has 5 heteroatoms. The Kier molecular flexibility index (Phi) is 12.8. The highest BCUT2D eigenvalue weighted by Crippen LogP contribution is 2.20. The summed E-state index contributed by atoms with van der Waals surface area (Å²) in [5.41, 5.74) is 0. The summed E-state index contributed by atoms with van der Waals surface area (Å²) in [5, 5.41) is 13.4. The van der Waals surface area contributed by atoms with Crippen LogP contribution >= 0.6 is 11.3 Å². The van der Waals surface area contributed by atoms with Crippen LogP contribution in [0, 0.1) is 0 Å². The predicted octanol–water partition coefficient (Wildman–Crippen LogP) is 5.11. The van der Waals surface area contributed by atoms with E-state index in [1.165, 1.54) is 48.5 Å². The number of benzene rings is 1. The molecule has 4 nitrogen and oxygen atoms in total. The molecular formula is C25H40N2O2S. The van der Waals surface area contributed by atoms with Gasteiger partial charge in [0.05, 0.1) is 0 Å². The van der Waals surface area contributed by atoms with Crippen LogP contribution < -0.4 is 10.1 Å². The summed E-state index contributed by atoms with van der Waals surface area (Å²) in [6.45, 7) is 9.85. The predicted molar refractivity (Wildman–Crippen MR) is 129 cm³/mol. The van der Waals surface area contributed by atoms with Crippen molar-refractivity contribution in [2.75, 3.05) is 32.8 Å². The van der Waals surface area contributed by atoms with Gasteiger partial charge in [-0.1, -0.05) is 44.9 Å². The van der Waals surface area contributed by atoms with Crippen LogP contribution in [0.4, 0.5) is 0 Å². The van der Waals surface area contributed by atoms with Crippen LogP contribution in [0.25, 0.3) is 0 Å². The van der Waals surface area contributed by atoms with Gasteiger partial charge in [0.15, 0.2) is 0 Å². The van der Waals surface area contributed by atoms with Gasteiger partial charge in [-0.3, -0.25) is 4.90 Å². The third kappa shape index (κ3) is 10.6. The standard InChI is InChI=1S/C25H40N2O2S/c1-3-5-17-27(18-6-4-2)20-25-15-14-24(30-25)13-10-16-26-19-22(28)21-29-23-11-8-7-9-12-23/h7-9,11-12,14-15,22,26,28H,3-6,10,13,16-21H2,1-2H3. The van der Waals surface area contributed by atoms with E-state index in [1.54, 1.807) is 0 Å². The Morgan fingerprint density at radius 3 is 2.37 bits per heavy atom. The number of hydrogen-bond acceptors (Lipinski definition) is 5. The third-order valence-corrected chi connectivity index (χ3v) is 6.22. The fourth-order valence-electron chi connectivity index (χ4n) is 3.32. The summed E-state index contributed by atoms with van der Waals surface area (Å²) in [7, 11) is 0. The van der Waals surface area contributed by atoms with Crippen LogP contribution in [0.5, 0.6) is 5.75 Å². The lowest BCUT2D eigenvalue weighted by molar-refractivity contribution is 0.106. The number of aliphatic hydroxyl groups is 1. The van der Waals surface area contributed by atoms with Crippen LogP contribution in [-0.4, -0.2) is 48.9 Å². The smallest absolute Gasteiger partial charge is 0.119 e. The first-order valence-electron chi connectivity index (χ1n) is 11.6.